The molecule has 0 aliphatic carbocycles. The molecule has 1 atom stereocenters. The minimum atomic E-state index is -2.76. The molecule has 0 spiro atoms. The molecule has 0 amide bonds. The Bertz CT molecular complexity index is 1700. The summed E-state index contributed by atoms with van der Waals surface area (Å²) < 4.78 is 15.6. The second-order valence-corrected chi connectivity index (χ2v) is 14.5. The number of fused-ring (bicyclic) bond motifs is 3. The Kier molecular flexibility index (Phi) is 6.97. The Labute approximate surface area is 231 Å². The van der Waals surface area contributed by atoms with Crippen LogP contribution < -0.4 is 9.83 Å². The molecule has 5 aromatic rings. The van der Waals surface area contributed by atoms with Gasteiger partial charge in [0.1, 0.15) is 5.75 Å². The zero-order chi connectivity index (χ0) is 27.1. The molecule has 4 aromatic carbocycles. The molecule has 0 radical (unpaired) electrons. The third-order valence-electron chi connectivity index (χ3n) is 6.75. The average molecular weight is 589 g/mol. The third kappa shape index (κ3) is 4.68. The predicted molar refractivity (Wildman–Crippen MR) is 162 cm³/mol. The van der Waals surface area contributed by atoms with E-state index in [-0.39, 0.29) is 10.7 Å². The first-order chi connectivity index (χ1) is 18.1. The molecule has 0 saturated heterocycles. The smallest absolute Gasteiger partial charge is 0.335 e. The van der Waals surface area contributed by atoms with Crippen LogP contribution in [0.2, 0.25) is 0 Å². The molecule has 38 heavy (non-hydrogen) atoms. The van der Waals surface area contributed by atoms with Gasteiger partial charge in [0.15, 0.2) is 7.28 Å². The fraction of sp³-hybridized carbons (Fsp3) is 0.194. The normalized spacial score (nSPS) is 13.4. The minimum absolute atomic E-state index is 0.228. The Morgan fingerprint density at radius 3 is 2.21 bits per heavy atom. The van der Waals surface area contributed by atoms with E-state index in [1.807, 2.05) is 24.3 Å². The van der Waals surface area contributed by atoms with Gasteiger partial charge in [-0.1, -0.05) is 54.9 Å². The number of carboxylic acids is 1. The number of rotatable bonds is 6. The van der Waals surface area contributed by atoms with E-state index in [2.05, 4.69) is 90.7 Å². The number of aromatic carboxylic acids is 1. The molecule has 0 bridgehead atoms. The number of aryl methyl sites for hydroxylation is 1. The van der Waals surface area contributed by atoms with Gasteiger partial charge in [-0.15, -0.1) is 0 Å². The van der Waals surface area contributed by atoms with E-state index in [9.17, 15) is 9.90 Å². The first kappa shape index (κ1) is 26.3. The van der Waals surface area contributed by atoms with Gasteiger partial charge in [0.05, 0.1) is 11.3 Å². The third-order valence-corrected chi connectivity index (χ3v) is 11.1. The van der Waals surface area contributed by atoms with E-state index in [0.717, 1.165) is 22.1 Å². The molecule has 0 saturated carbocycles. The lowest BCUT2D eigenvalue weighted by atomic mass is 10.1. The summed E-state index contributed by atoms with van der Waals surface area (Å²) in [6.07, 6.45) is 0. The number of aromatic nitrogens is 1. The second-order valence-electron chi connectivity index (χ2n) is 10.2. The molecule has 194 valence electrons. The first-order valence-electron chi connectivity index (χ1n) is 12.6. The van der Waals surface area contributed by atoms with Crippen molar-refractivity contribution in [2.24, 2.45) is 4.74 Å². The lowest BCUT2D eigenvalue weighted by Gasteiger charge is -2.37. The topological polar surface area (TPSA) is 63.8 Å². The summed E-state index contributed by atoms with van der Waals surface area (Å²) >= 11 is 3.52. The predicted octanol–water partition coefficient (Wildman–Crippen LogP) is 9.23. The van der Waals surface area contributed by atoms with Crippen LogP contribution in [0.25, 0.3) is 21.8 Å². The summed E-state index contributed by atoms with van der Waals surface area (Å²) in [5.41, 5.74) is 3.30. The fourth-order valence-corrected chi connectivity index (χ4v) is 8.20. The van der Waals surface area contributed by atoms with Crippen molar-refractivity contribution in [3.8, 4) is 5.75 Å². The Morgan fingerprint density at radius 1 is 0.921 bits per heavy atom. The second kappa shape index (κ2) is 10.1. The molecular formula is C31H30BrN2O3P. The van der Waals surface area contributed by atoms with Gasteiger partial charge in [-0.05, 0) is 79.7 Å². The largest absolute Gasteiger partial charge is 0.478 e. The van der Waals surface area contributed by atoms with E-state index in [1.54, 1.807) is 24.3 Å². The number of carboxylic acid groups (broad SMARTS) is 1. The molecule has 0 aliphatic rings. The lowest BCUT2D eigenvalue weighted by Crippen LogP contribution is -2.27. The summed E-state index contributed by atoms with van der Waals surface area (Å²) in [6.45, 7) is 9.52. The Balaban J connectivity index is 1.82. The molecule has 7 heteroatoms. The maximum atomic E-state index is 11.5. The first-order valence-corrected chi connectivity index (χ1v) is 15.0. The summed E-state index contributed by atoms with van der Waals surface area (Å²) in [5, 5.41) is 12.4. The SMILES string of the molecule is CCn1c2ccccc2c2cc(P(=Nc3ccc(C(=O)O)cc3)(Oc3ccc(Br)cc3)C(C)(C)C)ccc21. The number of carbonyl (C=O) groups is 1. The highest BCUT2D eigenvalue weighted by molar-refractivity contribution is 9.10. The van der Waals surface area contributed by atoms with Crippen molar-refractivity contribution in [3.63, 3.8) is 0 Å². The quantitative estimate of drug-likeness (QED) is 0.201. The van der Waals surface area contributed by atoms with E-state index >= 15 is 0 Å². The van der Waals surface area contributed by atoms with Gasteiger partial charge in [-0.25, -0.2) is 9.54 Å². The number of para-hydroxylation sites is 1. The van der Waals surface area contributed by atoms with Gasteiger partial charge in [0.25, 0.3) is 0 Å². The zero-order valence-corrected chi connectivity index (χ0v) is 24.3. The van der Waals surface area contributed by atoms with Gasteiger partial charge in [0, 0.05) is 43.3 Å². The van der Waals surface area contributed by atoms with Crippen LogP contribution in [0.15, 0.2) is 100 Å². The van der Waals surface area contributed by atoms with E-state index in [1.165, 1.54) is 21.8 Å². The Morgan fingerprint density at radius 2 is 1.58 bits per heavy atom. The molecule has 5 nitrogen and oxygen atoms in total. The van der Waals surface area contributed by atoms with E-state index in [4.69, 9.17) is 9.27 Å². The number of nitrogens with zero attached hydrogens (tertiary/aromatic N) is 2. The van der Waals surface area contributed by atoms with Crippen LogP contribution in [-0.4, -0.2) is 20.8 Å². The van der Waals surface area contributed by atoms with Crippen molar-refractivity contribution in [2.45, 2.75) is 39.4 Å². The average Bonchev–Trinajstić information content (AvgIpc) is 3.22. The van der Waals surface area contributed by atoms with Crippen molar-refractivity contribution < 1.29 is 14.4 Å². The summed E-state index contributed by atoms with van der Waals surface area (Å²) in [4.78, 5) is 11.5. The van der Waals surface area contributed by atoms with Crippen LogP contribution in [-0.2, 0) is 6.54 Å². The number of halogens is 1. The number of hydrogen-bond donors (Lipinski definition) is 1. The molecule has 5 rings (SSSR count). The highest BCUT2D eigenvalue weighted by Gasteiger charge is 2.39. The maximum Gasteiger partial charge on any atom is 0.335 e. The highest BCUT2D eigenvalue weighted by atomic mass is 79.9. The van der Waals surface area contributed by atoms with Crippen LogP contribution in [0.3, 0.4) is 0 Å². The van der Waals surface area contributed by atoms with Gasteiger partial charge >= 0.3 is 5.97 Å². The van der Waals surface area contributed by atoms with E-state index in [0.29, 0.717) is 5.69 Å². The zero-order valence-electron chi connectivity index (χ0n) is 21.9. The van der Waals surface area contributed by atoms with Crippen molar-refractivity contribution >= 4 is 62.0 Å². The van der Waals surface area contributed by atoms with Gasteiger partial charge in [-0.2, -0.15) is 0 Å². The lowest BCUT2D eigenvalue weighted by molar-refractivity contribution is 0.0697. The number of hydrogen-bond acceptors (Lipinski definition) is 3. The molecule has 0 aliphatic heterocycles. The summed E-state index contributed by atoms with van der Waals surface area (Å²) in [5.74, 6) is -0.226. The molecule has 1 aromatic heterocycles. The number of benzene rings is 4. The van der Waals surface area contributed by atoms with Crippen LogP contribution >= 0.6 is 23.2 Å². The fourth-order valence-electron chi connectivity index (χ4n) is 4.86. The molecule has 0 fully saturated rings. The van der Waals surface area contributed by atoms with Crippen molar-refractivity contribution in [1.29, 1.82) is 0 Å². The standard InChI is InChI=1S/C31H30BrN2O3P/c1-5-34-28-9-7-6-8-26(28)27-20-25(18-19-29(27)34)38(31(2,3)4,37-24-16-12-22(32)13-17-24)33-23-14-10-21(11-15-23)30(35)36/h6-20H,5H2,1-4H3,(H,35,36). The van der Waals surface area contributed by atoms with Gasteiger partial charge < -0.3 is 14.2 Å². The van der Waals surface area contributed by atoms with Crippen LogP contribution in [0.1, 0.15) is 38.1 Å². The van der Waals surface area contributed by atoms with Crippen molar-refractivity contribution in [2.75, 3.05) is 0 Å². The van der Waals surface area contributed by atoms with Gasteiger partial charge in [0.2, 0.25) is 0 Å². The monoisotopic (exact) mass is 588 g/mol. The van der Waals surface area contributed by atoms with Gasteiger partial charge in [-0.3, -0.25) is 0 Å². The summed E-state index contributed by atoms with van der Waals surface area (Å²) in [7, 11) is -2.76. The van der Waals surface area contributed by atoms with Crippen LogP contribution in [0, 0.1) is 0 Å². The van der Waals surface area contributed by atoms with Crippen molar-refractivity contribution in [1.82, 2.24) is 4.57 Å². The van der Waals surface area contributed by atoms with Crippen LogP contribution in [0.5, 0.6) is 5.75 Å². The van der Waals surface area contributed by atoms with Crippen LogP contribution in [0.4, 0.5) is 5.69 Å². The van der Waals surface area contributed by atoms with Crippen molar-refractivity contribution in [3.05, 3.63) is 101 Å². The maximum absolute atomic E-state index is 11.5. The molecule has 1 heterocycles. The Hall–Kier alpha value is -3.34. The summed E-state index contributed by atoms with van der Waals surface area (Å²) in [6, 6.07) is 29.6. The molecule has 1 unspecified atom stereocenters. The highest BCUT2D eigenvalue weighted by Crippen LogP contribution is 2.62. The minimum Gasteiger partial charge on any atom is -0.478 e. The molecule has 1 N–H and O–H groups in total. The van der Waals surface area contributed by atoms with E-state index < -0.39 is 13.3 Å². The molecular weight excluding hydrogens is 559 g/mol.